The largest absolute Gasteiger partial charge is 0.393 e. The zero-order chi connectivity index (χ0) is 24.2. The minimum Gasteiger partial charge on any atom is -0.393 e. The monoisotopic (exact) mass is 478 g/mol. The van der Waals surface area contributed by atoms with Gasteiger partial charge in [0, 0.05) is 37.0 Å². The molecule has 0 atom stereocenters. The molecule has 3 aromatic rings. The van der Waals surface area contributed by atoms with Crippen molar-refractivity contribution >= 4 is 22.9 Å². The molecule has 2 N–H and O–H groups in total. The number of carbonyl (C=O) groups is 1. The fraction of sp³-hybridized carbons (Fsp3) is 0.538. The number of benzene rings is 1. The molecular weight excluding hydrogens is 444 g/mol. The Morgan fingerprint density at radius 2 is 1.89 bits per heavy atom. The highest BCUT2D eigenvalue weighted by molar-refractivity contribution is 5.96. The lowest BCUT2D eigenvalue weighted by atomic mass is 9.93. The summed E-state index contributed by atoms with van der Waals surface area (Å²) < 4.78 is 7.39. The van der Waals surface area contributed by atoms with Crippen LogP contribution in [0.1, 0.15) is 61.8 Å². The molecule has 1 aliphatic carbocycles. The summed E-state index contributed by atoms with van der Waals surface area (Å²) in [6.07, 6.45) is 7.05. The van der Waals surface area contributed by atoms with Crippen LogP contribution in [0.15, 0.2) is 30.5 Å². The highest BCUT2D eigenvalue weighted by Crippen LogP contribution is 2.34. The molecule has 1 saturated carbocycles. The van der Waals surface area contributed by atoms with Gasteiger partial charge in [-0.2, -0.15) is 10.1 Å². The molecule has 1 aliphatic heterocycles. The molecule has 1 aromatic carbocycles. The Labute approximate surface area is 205 Å². The van der Waals surface area contributed by atoms with Gasteiger partial charge in [0.05, 0.1) is 30.7 Å². The van der Waals surface area contributed by atoms with Crippen molar-refractivity contribution in [2.45, 2.75) is 57.6 Å². The molecule has 2 aromatic heterocycles. The lowest BCUT2D eigenvalue weighted by Gasteiger charge is -2.26. The molecular formula is C26H34N6O3. The van der Waals surface area contributed by atoms with E-state index < -0.39 is 0 Å². The summed E-state index contributed by atoms with van der Waals surface area (Å²) in [5.41, 5.74) is 3.22. The van der Waals surface area contributed by atoms with Crippen LogP contribution in [0.4, 0.5) is 5.95 Å². The number of nitrogens with zero attached hydrogens (tertiary/aromatic N) is 5. The van der Waals surface area contributed by atoms with Crippen molar-refractivity contribution in [3.63, 3.8) is 0 Å². The number of hydrogen-bond acceptors (Lipinski definition) is 7. The van der Waals surface area contributed by atoms with Crippen LogP contribution < -0.4 is 5.32 Å². The molecule has 9 heteroatoms. The predicted octanol–water partition coefficient (Wildman–Crippen LogP) is 3.65. The Kier molecular flexibility index (Phi) is 7.24. The van der Waals surface area contributed by atoms with Crippen molar-refractivity contribution in [1.82, 2.24) is 24.6 Å². The van der Waals surface area contributed by atoms with Gasteiger partial charge in [-0.1, -0.05) is 25.5 Å². The van der Waals surface area contributed by atoms with Gasteiger partial charge in [-0.3, -0.25) is 4.79 Å². The molecule has 5 rings (SSSR count). The number of anilines is 1. The number of hydrogen-bond donors (Lipinski definition) is 2. The third kappa shape index (κ3) is 5.16. The minimum atomic E-state index is -0.231. The second kappa shape index (κ2) is 10.7. The maximum atomic E-state index is 12.8. The average molecular weight is 479 g/mol. The first-order valence-corrected chi connectivity index (χ1v) is 12.8. The van der Waals surface area contributed by atoms with Crippen LogP contribution in [0.25, 0.3) is 22.3 Å². The zero-order valence-corrected chi connectivity index (χ0v) is 20.3. The number of unbranched alkanes of at least 4 members (excludes halogenated alkanes) is 1. The summed E-state index contributed by atoms with van der Waals surface area (Å²) in [7, 11) is 0. The lowest BCUT2D eigenvalue weighted by molar-refractivity contribution is 0.0303. The Morgan fingerprint density at radius 1 is 1.14 bits per heavy atom. The summed E-state index contributed by atoms with van der Waals surface area (Å²) in [4.78, 5) is 24.1. The Morgan fingerprint density at radius 3 is 2.60 bits per heavy atom. The van der Waals surface area contributed by atoms with Gasteiger partial charge in [0.1, 0.15) is 5.69 Å². The third-order valence-electron chi connectivity index (χ3n) is 6.98. The molecule has 2 fully saturated rings. The average Bonchev–Trinajstić information content (AvgIpc) is 3.28. The van der Waals surface area contributed by atoms with Crippen molar-refractivity contribution in [2.75, 3.05) is 38.2 Å². The smallest absolute Gasteiger partial charge is 0.254 e. The van der Waals surface area contributed by atoms with Crippen LogP contribution in [0, 0.1) is 0 Å². The van der Waals surface area contributed by atoms with E-state index in [1.54, 1.807) is 0 Å². The second-order valence-electron chi connectivity index (χ2n) is 9.45. The normalized spacial score (nSPS) is 20.8. The van der Waals surface area contributed by atoms with E-state index in [0.29, 0.717) is 37.8 Å². The number of aliphatic hydroxyl groups excluding tert-OH is 1. The maximum absolute atomic E-state index is 12.8. The molecule has 2 aliphatic rings. The zero-order valence-electron chi connectivity index (χ0n) is 20.3. The van der Waals surface area contributed by atoms with Crippen molar-refractivity contribution in [3.05, 3.63) is 36.0 Å². The van der Waals surface area contributed by atoms with E-state index in [-0.39, 0.29) is 18.1 Å². The van der Waals surface area contributed by atoms with E-state index >= 15 is 0 Å². The van der Waals surface area contributed by atoms with Crippen molar-refractivity contribution in [2.24, 2.45) is 0 Å². The van der Waals surface area contributed by atoms with Gasteiger partial charge < -0.3 is 20.1 Å². The van der Waals surface area contributed by atoms with E-state index in [1.807, 2.05) is 40.0 Å². The molecule has 0 bridgehead atoms. The fourth-order valence-electron chi connectivity index (χ4n) is 4.88. The maximum Gasteiger partial charge on any atom is 0.254 e. The van der Waals surface area contributed by atoms with Crippen LogP contribution in [-0.2, 0) is 4.74 Å². The summed E-state index contributed by atoms with van der Waals surface area (Å²) in [5, 5.41) is 19.2. The Balaban J connectivity index is 1.46. The fourth-order valence-corrected chi connectivity index (χ4v) is 4.88. The molecule has 1 amide bonds. The number of morpholine rings is 1. The van der Waals surface area contributed by atoms with Gasteiger partial charge in [0.15, 0.2) is 5.65 Å². The number of rotatable bonds is 7. The van der Waals surface area contributed by atoms with Crippen LogP contribution >= 0.6 is 0 Å². The molecule has 1 saturated heterocycles. The van der Waals surface area contributed by atoms with Gasteiger partial charge in [0.25, 0.3) is 5.91 Å². The van der Waals surface area contributed by atoms with Crippen molar-refractivity contribution < 1.29 is 14.6 Å². The van der Waals surface area contributed by atoms with Crippen LogP contribution in [0.5, 0.6) is 0 Å². The number of nitrogens with one attached hydrogen (secondary N) is 1. The SMILES string of the molecule is CCCCNc1ncc2c(-c3ccc(C(=O)N4CCOCC4)cc3)nn([C@H]3CC[C@H](O)CC3)c2n1. The van der Waals surface area contributed by atoms with Crippen molar-refractivity contribution in [1.29, 1.82) is 0 Å². The van der Waals surface area contributed by atoms with Crippen LogP contribution in [0.2, 0.25) is 0 Å². The van der Waals surface area contributed by atoms with Gasteiger partial charge >= 0.3 is 0 Å². The summed E-state index contributed by atoms with van der Waals surface area (Å²) in [6.45, 7) is 5.40. The first kappa shape index (κ1) is 23.7. The number of carbonyl (C=O) groups excluding carboxylic acids is 1. The molecule has 35 heavy (non-hydrogen) atoms. The third-order valence-corrected chi connectivity index (χ3v) is 6.98. The van der Waals surface area contributed by atoms with Gasteiger partial charge in [-0.25, -0.2) is 9.67 Å². The van der Waals surface area contributed by atoms with Crippen molar-refractivity contribution in [3.8, 4) is 11.3 Å². The van der Waals surface area contributed by atoms with E-state index in [0.717, 1.165) is 67.4 Å². The first-order chi connectivity index (χ1) is 17.1. The molecule has 0 unspecified atom stereocenters. The van der Waals surface area contributed by atoms with Gasteiger partial charge in [-0.15, -0.1) is 0 Å². The van der Waals surface area contributed by atoms with Crippen LogP contribution in [0.3, 0.4) is 0 Å². The molecule has 3 heterocycles. The number of aliphatic hydroxyl groups is 1. The highest BCUT2D eigenvalue weighted by atomic mass is 16.5. The molecule has 0 radical (unpaired) electrons. The summed E-state index contributed by atoms with van der Waals surface area (Å²) >= 11 is 0. The lowest BCUT2D eigenvalue weighted by Crippen LogP contribution is -2.40. The second-order valence-corrected chi connectivity index (χ2v) is 9.45. The molecule has 9 nitrogen and oxygen atoms in total. The summed E-state index contributed by atoms with van der Waals surface area (Å²) in [5.74, 6) is 0.642. The number of ether oxygens (including phenoxy) is 1. The topological polar surface area (TPSA) is 105 Å². The van der Waals surface area contributed by atoms with E-state index in [4.69, 9.17) is 14.8 Å². The number of fused-ring (bicyclic) bond motifs is 1. The van der Waals surface area contributed by atoms with E-state index in [1.165, 1.54) is 0 Å². The minimum absolute atomic E-state index is 0.0297. The first-order valence-electron chi connectivity index (χ1n) is 12.8. The van der Waals surface area contributed by atoms with E-state index in [9.17, 15) is 9.90 Å². The number of aromatic nitrogens is 4. The quantitative estimate of drug-likeness (QED) is 0.499. The van der Waals surface area contributed by atoms with Gasteiger partial charge in [-0.05, 0) is 44.2 Å². The number of amides is 1. The Bertz CT molecular complexity index is 1150. The van der Waals surface area contributed by atoms with Gasteiger partial charge in [0.2, 0.25) is 5.95 Å². The van der Waals surface area contributed by atoms with Crippen LogP contribution in [-0.4, -0.2) is 74.6 Å². The molecule has 186 valence electrons. The standard InChI is InChI=1S/C26H34N6O3/c1-2-3-12-27-26-28-17-22-23(30-32(24(22)29-26)20-8-10-21(33)11-9-20)18-4-6-19(7-5-18)25(34)31-13-15-35-16-14-31/h4-7,17,20-21,33H,2-3,8-16H2,1H3,(H,27,28,29)/t20-,21-. The van der Waals surface area contributed by atoms with E-state index in [2.05, 4.69) is 17.2 Å². The predicted molar refractivity (Wildman–Crippen MR) is 134 cm³/mol. The summed E-state index contributed by atoms with van der Waals surface area (Å²) in [6, 6.07) is 7.85. The highest BCUT2D eigenvalue weighted by Gasteiger charge is 2.26. The Hall–Kier alpha value is -3.04. The molecule has 0 spiro atoms.